The zero-order valence-electron chi connectivity index (χ0n) is 15.8. The molecular formula is C20H21ClN4S2. The smallest absolute Gasteiger partial charge is 0.158 e. The topological polar surface area (TPSA) is 43.1 Å². The maximum Gasteiger partial charge on any atom is 0.158 e. The standard InChI is InChI=1S/C20H21ClN4S2/c1-5-13(6-2)14-9-11(3)24-25-17(12(4)23-19(14)25)18-16(21)15(10-27-18)20-22-7-8-26-20/h7-10,13H,5-6H2,1-4H3. The van der Waals surface area contributed by atoms with Gasteiger partial charge in [-0.15, -0.1) is 22.7 Å². The van der Waals surface area contributed by atoms with Crippen LogP contribution in [-0.2, 0) is 0 Å². The van der Waals surface area contributed by atoms with Crippen LogP contribution in [0.1, 0.15) is 49.6 Å². The van der Waals surface area contributed by atoms with Gasteiger partial charge >= 0.3 is 0 Å². The van der Waals surface area contributed by atoms with E-state index in [0.717, 1.165) is 56.0 Å². The number of imidazole rings is 1. The quantitative estimate of drug-likeness (QED) is 0.361. The lowest BCUT2D eigenvalue weighted by Crippen LogP contribution is -2.04. The van der Waals surface area contributed by atoms with Gasteiger partial charge in [-0.3, -0.25) is 0 Å². The van der Waals surface area contributed by atoms with E-state index in [9.17, 15) is 0 Å². The minimum atomic E-state index is 0.480. The maximum atomic E-state index is 6.78. The first-order valence-corrected chi connectivity index (χ1v) is 11.2. The highest BCUT2D eigenvalue weighted by molar-refractivity contribution is 7.16. The van der Waals surface area contributed by atoms with E-state index >= 15 is 0 Å². The van der Waals surface area contributed by atoms with Crippen molar-refractivity contribution < 1.29 is 0 Å². The fraction of sp³-hybridized carbons (Fsp3) is 0.350. The molecule has 4 heterocycles. The Balaban J connectivity index is 1.95. The van der Waals surface area contributed by atoms with Gasteiger partial charge in [0.25, 0.3) is 0 Å². The molecule has 0 aliphatic heterocycles. The van der Waals surface area contributed by atoms with Gasteiger partial charge in [0.2, 0.25) is 0 Å². The molecule has 0 aliphatic carbocycles. The number of halogens is 1. The van der Waals surface area contributed by atoms with Crippen molar-refractivity contribution in [3.63, 3.8) is 0 Å². The second-order valence-electron chi connectivity index (χ2n) is 6.67. The minimum absolute atomic E-state index is 0.480. The fourth-order valence-electron chi connectivity index (χ4n) is 3.57. The van der Waals surface area contributed by atoms with E-state index in [-0.39, 0.29) is 0 Å². The molecule has 0 fully saturated rings. The molecule has 27 heavy (non-hydrogen) atoms. The van der Waals surface area contributed by atoms with Crippen molar-refractivity contribution in [2.24, 2.45) is 0 Å². The van der Waals surface area contributed by atoms with Crippen molar-refractivity contribution in [3.8, 4) is 21.1 Å². The summed E-state index contributed by atoms with van der Waals surface area (Å²) in [5.74, 6) is 0.480. The van der Waals surface area contributed by atoms with Crippen LogP contribution in [0.4, 0.5) is 0 Å². The van der Waals surface area contributed by atoms with Crippen LogP contribution in [-0.4, -0.2) is 19.6 Å². The van der Waals surface area contributed by atoms with Gasteiger partial charge in [0.05, 0.1) is 21.3 Å². The van der Waals surface area contributed by atoms with Crippen LogP contribution in [0.2, 0.25) is 5.02 Å². The summed E-state index contributed by atoms with van der Waals surface area (Å²) in [4.78, 5) is 10.3. The van der Waals surface area contributed by atoms with Crippen LogP contribution >= 0.6 is 34.3 Å². The van der Waals surface area contributed by atoms with Crippen molar-refractivity contribution in [1.29, 1.82) is 0 Å². The highest BCUT2D eigenvalue weighted by Gasteiger charge is 2.23. The molecule has 0 unspecified atom stereocenters. The first-order chi connectivity index (χ1) is 13.0. The van der Waals surface area contributed by atoms with E-state index in [1.165, 1.54) is 5.56 Å². The molecule has 4 rings (SSSR count). The molecule has 7 heteroatoms. The van der Waals surface area contributed by atoms with Gasteiger partial charge in [0.1, 0.15) is 10.7 Å². The monoisotopic (exact) mass is 416 g/mol. The molecule has 4 aromatic rings. The van der Waals surface area contributed by atoms with E-state index in [1.54, 1.807) is 28.9 Å². The van der Waals surface area contributed by atoms with Crippen LogP contribution in [0.3, 0.4) is 0 Å². The van der Waals surface area contributed by atoms with Gasteiger partial charge in [-0.1, -0.05) is 25.4 Å². The van der Waals surface area contributed by atoms with E-state index in [2.05, 4.69) is 30.3 Å². The summed E-state index contributed by atoms with van der Waals surface area (Å²) in [6, 6.07) is 2.18. The number of aryl methyl sites for hydroxylation is 2. The predicted octanol–water partition coefficient (Wildman–Crippen LogP) is 6.76. The molecule has 0 bridgehead atoms. The third kappa shape index (κ3) is 3.10. The van der Waals surface area contributed by atoms with Crippen LogP contribution in [0.25, 0.3) is 26.8 Å². The first kappa shape index (κ1) is 18.6. The SMILES string of the molecule is CCC(CC)c1cc(C)nn2c(-c3scc(-c4nccs4)c3Cl)c(C)nc12. The van der Waals surface area contributed by atoms with Gasteiger partial charge in [-0.05, 0) is 38.7 Å². The van der Waals surface area contributed by atoms with E-state index < -0.39 is 0 Å². The third-order valence-electron chi connectivity index (χ3n) is 4.94. The third-order valence-corrected chi connectivity index (χ3v) is 7.24. The van der Waals surface area contributed by atoms with Gasteiger partial charge in [0.15, 0.2) is 5.65 Å². The predicted molar refractivity (Wildman–Crippen MR) is 115 cm³/mol. The van der Waals surface area contributed by atoms with Crippen molar-refractivity contribution >= 4 is 39.9 Å². The Morgan fingerprint density at radius 3 is 2.63 bits per heavy atom. The molecule has 4 nitrogen and oxygen atoms in total. The van der Waals surface area contributed by atoms with Crippen LogP contribution in [0, 0.1) is 13.8 Å². The molecule has 4 aromatic heterocycles. The molecule has 0 N–H and O–H groups in total. The summed E-state index contributed by atoms with van der Waals surface area (Å²) in [5.41, 5.74) is 6.13. The molecule has 0 saturated carbocycles. The number of thiophene rings is 1. The molecule has 0 aliphatic rings. The normalized spacial score (nSPS) is 11.8. The Kier molecular flexibility index (Phi) is 5.05. The Hall–Kier alpha value is -1.76. The number of thiazole rings is 1. The van der Waals surface area contributed by atoms with Crippen molar-refractivity contribution in [3.05, 3.63) is 45.0 Å². The number of aromatic nitrogens is 4. The second-order valence-corrected chi connectivity index (χ2v) is 8.82. The van der Waals surface area contributed by atoms with Gasteiger partial charge in [0, 0.05) is 28.1 Å². The van der Waals surface area contributed by atoms with Gasteiger partial charge in [-0.2, -0.15) is 5.10 Å². The average molecular weight is 417 g/mol. The Morgan fingerprint density at radius 2 is 1.96 bits per heavy atom. The summed E-state index contributed by atoms with van der Waals surface area (Å²) < 4.78 is 1.99. The molecule has 0 saturated heterocycles. The van der Waals surface area contributed by atoms with E-state index in [0.29, 0.717) is 5.92 Å². The number of hydrogen-bond donors (Lipinski definition) is 0. The molecule has 0 spiro atoms. The number of nitrogens with zero attached hydrogens (tertiary/aromatic N) is 4. The Morgan fingerprint density at radius 1 is 1.19 bits per heavy atom. The highest BCUT2D eigenvalue weighted by Crippen LogP contribution is 2.44. The van der Waals surface area contributed by atoms with Crippen molar-refractivity contribution in [2.45, 2.75) is 46.5 Å². The van der Waals surface area contributed by atoms with Crippen molar-refractivity contribution in [1.82, 2.24) is 19.6 Å². The van der Waals surface area contributed by atoms with Crippen LogP contribution in [0.5, 0.6) is 0 Å². The highest BCUT2D eigenvalue weighted by atomic mass is 35.5. The van der Waals surface area contributed by atoms with Crippen molar-refractivity contribution in [2.75, 3.05) is 0 Å². The molecule has 0 atom stereocenters. The molecule has 0 radical (unpaired) electrons. The summed E-state index contributed by atoms with van der Waals surface area (Å²) >= 11 is 10.0. The number of rotatable bonds is 5. The van der Waals surface area contributed by atoms with Crippen LogP contribution in [0.15, 0.2) is 23.0 Å². The van der Waals surface area contributed by atoms with Crippen LogP contribution < -0.4 is 0 Å². The minimum Gasteiger partial charge on any atom is -0.244 e. The largest absolute Gasteiger partial charge is 0.244 e. The lowest BCUT2D eigenvalue weighted by molar-refractivity contribution is 0.638. The lowest BCUT2D eigenvalue weighted by atomic mass is 9.95. The maximum absolute atomic E-state index is 6.78. The molecule has 0 amide bonds. The molecule has 140 valence electrons. The Labute approximate surface area is 171 Å². The number of hydrogen-bond acceptors (Lipinski definition) is 5. The van der Waals surface area contributed by atoms with Gasteiger partial charge in [-0.25, -0.2) is 14.5 Å². The molecular weight excluding hydrogens is 396 g/mol. The zero-order valence-corrected chi connectivity index (χ0v) is 18.2. The second kappa shape index (κ2) is 7.34. The zero-order chi connectivity index (χ0) is 19.1. The molecule has 0 aromatic carbocycles. The Bertz CT molecular complexity index is 1090. The van der Waals surface area contributed by atoms with E-state index in [1.807, 2.05) is 23.7 Å². The number of fused-ring (bicyclic) bond motifs is 1. The fourth-order valence-corrected chi connectivity index (χ4v) is 5.82. The van der Waals surface area contributed by atoms with E-state index in [4.69, 9.17) is 21.7 Å². The first-order valence-electron chi connectivity index (χ1n) is 9.09. The average Bonchev–Trinajstić information content (AvgIpc) is 3.35. The summed E-state index contributed by atoms with van der Waals surface area (Å²) in [6.45, 7) is 8.54. The summed E-state index contributed by atoms with van der Waals surface area (Å²) in [7, 11) is 0. The summed E-state index contributed by atoms with van der Waals surface area (Å²) in [6.07, 6.45) is 3.98. The van der Waals surface area contributed by atoms with Gasteiger partial charge < -0.3 is 0 Å². The lowest BCUT2D eigenvalue weighted by Gasteiger charge is -2.14. The summed E-state index contributed by atoms with van der Waals surface area (Å²) in [5, 5.41) is 10.5.